The molecular weight excluding hydrogens is 312 g/mol. The number of nitrogens with one attached hydrogen (secondary N) is 2. The average molecular weight is 326 g/mol. The molecule has 0 radical (unpaired) electrons. The van der Waals surface area contributed by atoms with Crippen LogP contribution in [0.3, 0.4) is 0 Å². The van der Waals surface area contributed by atoms with Gasteiger partial charge in [0.15, 0.2) is 5.82 Å². The Kier molecular flexibility index (Phi) is 4.60. The Morgan fingerprint density at radius 2 is 2.29 bits per heavy atom. The lowest BCUT2D eigenvalue weighted by molar-refractivity contribution is 0.559. The van der Waals surface area contributed by atoms with Gasteiger partial charge >= 0.3 is 0 Å². The van der Waals surface area contributed by atoms with Crippen LogP contribution in [0.25, 0.3) is 0 Å². The maximum atomic E-state index is 12.1. The molecule has 0 saturated carbocycles. The molecule has 2 rings (SSSR count). The van der Waals surface area contributed by atoms with Crippen LogP contribution in [0.1, 0.15) is 29.9 Å². The third kappa shape index (κ3) is 4.28. The Balaban J connectivity index is 2.10. The zero-order chi connectivity index (χ0) is 15.5. The van der Waals surface area contributed by atoms with E-state index in [0.29, 0.717) is 11.1 Å². The molecule has 1 aromatic heterocycles. The summed E-state index contributed by atoms with van der Waals surface area (Å²) in [7, 11) is -3.56. The lowest BCUT2D eigenvalue weighted by Gasteiger charge is -2.11. The molecule has 112 valence electrons. The first-order valence-corrected chi connectivity index (χ1v) is 8.05. The average Bonchev–Trinajstić information content (AvgIpc) is 2.91. The predicted molar refractivity (Wildman–Crippen MR) is 80.7 cm³/mol. The van der Waals surface area contributed by atoms with Crippen LogP contribution < -0.4 is 10.5 Å². The van der Waals surface area contributed by atoms with Gasteiger partial charge in [-0.25, -0.2) is 13.1 Å². The maximum Gasteiger partial charge on any atom is 0.216 e. The van der Waals surface area contributed by atoms with Crippen LogP contribution in [0.5, 0.6) is 0 Å². The number of hydrogen-bond acceptors (Lipinski definition) is 6. The van der Waals surface area contributed by atoms with Gasteiger partial charge in [0.2, 0.25) is 10.0 Å². The number of H-pyrrole nitrogens is 1. The molecule has 4 N–H and O–H groups in total. The monoisotopic (exact) mass is 326 g/mol. The first kappa shape index (κ1) is 15.5. The third-order valence-electron chi connectivity index (χ3n) is 2.67. The second-order valence-electron chi connectivity index (χ2n) is 4.43. The smallest absolute Gasteiger partial charge is 0.216 e. The van der Waals surface area contributed by atoms with Gasteiger partial charge in [0.05, 0.1) is 11.8 Å². The number of aromatic nitrogens is 4. The van der Waals surface area contributed by atoms with Crippen molar-refractivity contribution in [2.45, 2.75) is 18.7 Å². The van der Waals surface area contributed by atoms with Gasteiger partial charge in [-0.15, -0.1) is 10.2 Å². The molecule has 0 amide bonds. The summed E-state index contributed by atoms with van der Waals surface area (Å²) in [6.45, 7) is 1.63. The van der Waals surface area contributed by atoms with E-state index in [1.54, 1.807) is 31.2 Å². The Hall–Kier alpha value is -1.91. The summed E-state index contributed by atoms with van der Waals surface area (Å²) in [5.41, 5.74) is 6.75. The van der Waals surface area contributed by atoms with Crippen LogP contribution in [0.2, 0.25) is 0 Å². The lowest BCUT2D eigenvalue weighted by Crippen LogP contribution is -2.28. The van der Waals surface area contributed by atoms with Crippen LogP contribution in [-0.2, 0) is 15.8 Å². The van der Waals surface area contributed by atoms with Crippen molar-refractivity contribution in [3.8, 4) is 0 Å². The van der Waals surface area contributed by atoms with E-state index in [0.717, 1.165) is 0 Å². The number of thiocarbonyl (C=S) groups is 1. The standard InChI is InChI=1S/C11H14N6O2S2/c1-7(11-13-16-17-14-11)15-21(18,19)6-8-3-2-4-9(5-8)10(12)20/h2-5,7,15H,6H2,1H3,(H2,12,20)(H,13,14,16,17). The highest BCUT2D eigenvalue weighted by molar-refractivity contribution is 7.88. The summed E-state index contributed by atoms with van der Waals surface area (Å²) in [4.78, 5) is 0.224. The highest BCUT2D eigenvalue weighted by Crippen LogP contribution is 2.12. The second kappa shape index (κ2) is 6.24. The van der Waals surface area contributed by atoms with Gasteiger partial charge in [-0.05, 0) is 18.6 Å². The van der Waals surface area contributed by atoms with Crippen LogP contribution in [0, 0.1) is 0 Å². The van der Waals surface area contributed by atoms with E-state index in [4.69, 9.17) is 18.0 Å². The van der Waals surface area contributed by atoms with Gasteiger partial charge in [0.25, 0.3) is 0 Å². The number of rotatable bonds is 6. The zero-order valence-corrected chi connectivity index (χ0v) is 12.8. The molecule has 2 aromatic rings. The summed E-state index contributed by atoms with van der Waals surface area (Å²) in [6.07, 6.45) is 0. The number of nitrogens with two attached hydrogens (primary N) is 1. The molecule has 1 unspecified atom stereocenters. The highest BCUT2D eigenvalue weighted by Gasteiger charge is 2.19. The van der Waals surface area contributed by atoms with Crippen molar-refractivity contribution in [2.24, 2.45) is 5.73 Å². The fourth-order valence-electron chi connectivity index (χ4n) is 1.75. The first-order chi connectivity index (χ1) is 9.87. The number of tetrazole rings is 1. The summed E-state index contributed by atoms with van der Waals surface area (Å²) in [6, 6.07) is 6.21. The SMILES string of the molecule is CC(NS(=O)(=O)Cc1cccc(C(N)=S)c1)c1nn[nH]n1. The largest absolute Gasteiger partial charge is 0.389 e. The third-order valence-corrected chi connectivity index (χ3v) is 4.34. The van der Waals surface area contributed by atoms with E-state index in [1.807, 2.05) is 0 Å². The minimum absolute atomic E-state index is 0.189. The van der Waals surface area contributed by atoms with Crippen molar-refractivity contribution in [1.82, 2.24) is 25.3 Å². The molecule has 1 heterocycles. The Morgan fingerprint density at radius 3 is 2.90 bits per heavy atom. The molecule has 1 atom stereocenters. The van der Waals surface area contributed by atoms with Gasteiger partial charge < -0.3 is 5.73 Å². The molecule has 0 bridgehead atoms. The fraction of sp³-hybridized carbons (Fsp3) is 0.273. The van der Waals surface area contributed by atoms with E-state index in [-0.39, 0.29) is 16.6 Å². The molecule has 0 aliphatic rings. The maximum absolute atomic E-state index is 12.1. The van der Waals surface area contributed by atoms with Crippen molar-refractivity contribution in [2.75, 3.05) is 0 Å². The quantitative estimate of drug-likeness (QED) is 0.638. The Bertz CT molecular complexity index is 729. The normalized spacial score (nSPS) is 13.0. The van der Waals surface area contributed by atoms with Crippen LogP contribution >= 0.6 is 12.2 Å². The van der Waals surface area contributed by atoms with Crippen molar-refractivity contribution in [3.63, 3.8) is 0 Å². The minimum Gasteiger partial charge on any atom is -0.389 e. The van der Waals surface area contributed by atoms with Gasteiger partial charge in [-0.1, -0.05) is 35.6 Å². The second-order valence-corrected chi connectivity index (χ2v) is 6.63. The van der Waals surface area contributed by atoms with Crippen LogP contribution in [0.15, 0.2) is 24.3 Å². The minimum atomic E-state index is -3.56. The molecule has 0 aliphatic carbocycles. The summed E-state index contributed by atoms with van der Waals surface area (Å²) in [5.74, 6) is 0.0847. The molecule has 21 heavy (non-hydrogen) atoms. The lowest BCUT2D eigenvalue weighted by atomic mass is 10.1. The van der Waals surface area contributed by atoms with Crippen LogP contribution in [-0.4, -0.2) is 34.0 Å². The Morgan fingerprint density at radius 1 is 1.52 bits per heavy atom. The first-order valence-electron chi connectivity index (χ1n) is 5.99. The molecular formula is C11H14N6O2S2. The van der Waals surface area contributed by atoms with Crippen molar-refractivity contribution < 1.29 is 8.42 Å². The van der Waals surface area contributed by atoms with Gasteiger partial charge in [-0.3, -0.25) is 0 Å². The van der Waals surface area contributed by atoms with Crippen molar-refractivity contribution in [1.29, 1.82) is 0 Å². The van der Waals surface area contributed by atoms with E-state index in [2.05, 4.69) is 25.3 Å². The van der Waals surface area contributed by atoms with E-state index < -0.39 is 16.1 Å². The molecule has 1 aromatic carbocycles. The van der Waals surface area contributed by atoms with Gasteiger partial charge in [-0.2, -0.15) is 5.21 Å². The van der Waals surface area contributed by atoms with E-state index >= 15 is 0 Å². The molecule has 10 heteroatoms. The highest BCUT2D eigenvalue weighted by atomic mass is 32.2. The number of sulfonamides is 1. The van der Waals surface area contributed by atoms with E-state index in [9.17, 15) is 8.42 Å². The zero-order valence-electron chi connectivity index (χ0n) is 11.1. The van der Waals surface area contributed by atoms with Gasteiger partial charge in [0.1, 0.15) is 4.99 Å². The Labute approximate surface area is 127 Å². The number of nitrogens with zero attached hydrogens (tertiary/aromatic N) is 3. The van der Waals surface area contributed by atoms with Crippen LogP contribution in [0.4, 0.5) is 0 Å². The number of hydrogen-bond donors (Lipinski definition) is 3. The molecule has 0 spiro atoms. The summed E-state index contributed by atoms with van der Waals surface area (Å²) >= 11 is 4.87. The van der Waals surface area contributed by atoms with E-state index in [1.165, 1.54) is 0 Å². The van der Waals surface area contributed by atoms with Crippen molar-refractivity contribution >= 4 is 27.2 Å². The number of benzene rings is 1. The molecule has 0 aliphatic heterocycles. The molecule has 0 saturated heterocycles. The summed E-state index contributed by atoms with van der Waals surface area (Å²) in [5, 5.41) is 13.1. The molecule has 8 nitrogen and oxygen atoms in total. The predicted octanol–water partition coefficient (Wildman–Crippen LogP) is 0.0145. The fourth-order valence-corrected chi connectivity index (χ4v) is 3.22. The number of aromatic amines is 1. The molecule has 0 fully saturated rings. The van der Waals surface area contributed by atoms with Crippen molar-refractivity contribution in [3.05, 3.63) is 41.2 Å². The van der Waals surface area contributed by atoms with Gasteiger partial charge in [0, 0.05) is 5.56 Å². The summed E-state index contributed by atoms with van der Waals surface area (Å²) < 4.78 is 26.7. The topological polar surface area (TPSA) is 127 Å².